The lowest BCUT2D eigenvalue weighted by atomic mass is 10.0. The summed E-state index contributed by atoms with van der Waals surface area (Å²) in [6, 6.07) is 9.76. The highest BCUT2D eigenvalue weighted by atomic mass is 16.6. The number of hydrogen-bond acceptors (Lipinski definition) is 5. The fourth-order valence-corrected chi connectivity index (χ4v) is 1.78. The summed E-state index contributed by atoms with van der Waals surface area (Å²) in [6.07, 6.45) is 1.37. The molecular weight excluding hydrogens is 260 g/mol. The Balaban J connectivity index is 2.42. The minimum Gasteiger partial charge on any atom is -0.462 e. The van der Waals surface area contributed by atoms with Crippen LogP contribution in [0.2, 0.25) is 0 Å². The number of nitrogens with zero attached hydrogens (tertiary/aromatic N) is 2. The smallest absolute Gasteiger partial charge is 0.363 e. The average molecular weight is 272 g/mol. The van der Waals surface area contributed by atoms with Gasteiger partial charge in [-0.15, -0.1) is 0 Å². The fourth-order valence-electron chi connectivity index (χ4n) is 1.78. The summed E-state index contributed by atoms with van der Waals surface area (Å²) in [5.41, 5.74) is 1.66. The molecule has 0 amide bonds. The average Bonchev–Trinajstić information content (AvgIpc) is 2.47. The third kappa shape index (κ3) is 2.80. The van der Waals surface area contributed by atoms with Crippen LogP contribution in [0.25, 0.3) is 11.1 Å². The van der Waals surface area contributed by atoms with Crippen molar-refractivity contribution in [3.63, 3.8) is 0 Å². The van der Waals surface area contributed by atoms with Gasteiger partial charge >= 0.3 is 11.8 Å². The summed E-state index contributed by atoms with van der Waals surface area (Å²) in [5.74, 6) is -0.663. The second kappa shape index (κ2) is 5.92. The lowest BCUT2D eigenvalue weighted by molar-refractivity contribution is -0.389. The second-order valence-corrected chi connectivity index (χ2v) is 3.93. The zero-order valence-corrected chi connectivity index (χ0v) is 10.8. The molecule has 0 aliphatic heterocycles. The van der Waals surface area contributed by atoms with E-state index in [-0.39, 0.29) is 12.4 Å². The number of carbonyl (C=O) groups excluding carboxylic acids is 1. The molecule has 0 aliphatic carbocycles. The molecule has 0 atom stereocenters. The van der Waals surface area contributed by atoms with Crippen LogP contribution in [-0.2, 0) is 4.74 Å². The van der Waals surface area contributed by atoms with Crippen LogP contribution in [-0.4, -0.2) is 22.5 Å². The van der Waals surface area contributed by atoms with Gasteiger partial charge < -0.3 is 14.9 Å². The van der Waals surface area contributed by atoms with E-state index >= 15 is 0 Å². The Morgan fingerprint density at radius 2 is 2.05 bits per heavy atom. The number of carbonyl (C=O) groups is 1. The van der Waals surface area contributed by atoms with E-state index < -0.39 is 10.9 Å². The first-order chi connectivity index (χ1) is 9.63. The minimum absolute atomic E-state index is 0.234. The minimum atomic E-state index is -0.568. The zero-order valence-electron chi connectivity index (χ0n) is 10.8. The van der Waals surface area contributed by atoms with Crippen molar-refractivity contribution < 1.29 is 14.5 Å². The molecule has 0 saturated heterocycles. The Hall–Kier alpha value is -2.76. The van der Waals surface area contributed by atoms with E-state index in [1.807, 2.05) is 0 Å². The predicted molar refractivity (Wildman–Crippen MR) is 72.3 cm³/mol. The van der Waals surface area contributed by atoms with Crippen LogP contribution in [0.15, 0.2) is 42.6 Å². The predicted octanol–water partition coefficient (Wildman–Crippen LogP) is 2.83. The Morgan fingerprint density at radius 3 is 2.65 bits per heavy atom. The number of nitro groups is 1. The van der Waals surface area contributed by atoms with Crippen molar-refractivity contribution in [2.24, 2.45) is 0 Å². The molecule has 1 heterocycles. The first-order valence-corrected chi connectivity index (χ1v) is 6.00. The summed E-state index contributed by atoms with van der Waals surface area (Å²) < 4.78 is 4.98. The van der Waals surface area contributed by atoms with Gasteiger partial charge in [-0.05, 0) is 34.5 Å². The number of hydrogen-bond donors (Lipinski definition) is 0. The molecule has 0 spiro atoms. The molecule has 0 radical (unpaired) electrons. The van der Waals surface area contributed by atoms with Crippen molar-refractivity contribution in [1.82, 2.24) is 4.98 Å². The summed E-state index contributed by atoms with van der Waals surface area (Å²) in [5, 5.41) is 10.6. The highest BCUT2D eigenvalue weighted by molar-refractivity contribution is 5.97. The summed E-state index contributed by atoms with van der Waals surface area (Å²) in [6.45, 7) is 2.01. The standard InChI is InChI=1S/C14H12N2O4/c1-2-20-14(17)12-6-4-3-5-11(12)10-7-8-13(15-9-10)16(18)19/h3-9H,2H2,1H3. The molecule has 2 aromatic rings. The van der Waals surface area contributed by atoms with Crippen LogP contribution < -0.4 is 0 Å². The Labute approximate surface area is 115 Å². The van der Waals surface area contributed by atoms with Crippen molar-refractivity contribution in [3.8, 4) is 11.1 Å². The molecule has 1 aromatic carbocycles. The van der Waals surface area contributed by atoms with Gasteiger partial charge in [0.25, 0.3) is 0 Å². The maximum Gasteiger partial charge on any atom is 0.363 e. The monoisotopic (exact) mass is 272 g/mol. The maximum atomic E-state index is 11.9. The summed E-state index contributed by atoms with van der Waals surface area (Å²) >= 11 is 0. The van der Waals surface area contributed by atoms with E-state index in [0.717, 1.165) is 0 Å². The first-order valence-electron chi connectivity index (χ1n) is 6.00. The molecule has 0 fully saturated rings. The zero-order chi connectivity index (χ0) is 14.5. The third-order valence-corrected chi connectivity index (χ3v) is 2.67. The Bertz CT molecular complexity index is 638. The van der Waals surface area contributed by atoms with E-state index in [1.165, 1.54) is 12.3 Å². The van der Waals surface area contributed by atoms with Crippen LogP contribution >= 0.6 is 0 Å². The summed E-state index contributed by atoms with van der Waals surface area (Å²) in [4.78, 5) is 25.6. The third-order valence-electron chi connectivity index (χ3n) is 2.67. The molecule has 0 unspecified atom stereocenters. The number of pyridine rings is 1. The van der Waals surface area contributed by atoms with Crippen LogP contribution in [0.1, 0.15) is 17.3 Å². The molecule has 0 bridgehead atoms. The summed E-state index contributed by atoms with van der Waals surface area (Å²) in [7, 11) is 0. The van der Waals surface area contributed by atoms with Crippen molar-refractivity contribution in [1.29, 1.82) is 0 Å². The molecule has 0 aliphatic rings. The lowest BCUT2D eigenvalue weighted by Crippen LogP contribution is -2.06. The Morgan fingerprint density at radius 1 is 1.30 bits per heavy atom. The molecule has 0 N–H and O–H groups in total. The van der Waals surface area contributed by atoms with Gasteiger partial charge in [0.05, 0.1) is 12.2 Å². The molecule has 0 saturated carbocycles. The van der Waals surface area contributed by atoms with E-state index in [9.17, 15) is 14.9 Å². The number of esters is 1. The van der Waals surface area contributed by atoms with Crippen LogP contribution in [0.3, 0.4) is 0 Å². The van der Waals surface area contributed by atoms with Crippen LogP contribution in [0.4, 0.5) is 5.82 Å². The molecule has 1 aromatic heterocycles. The van der Waals surface area contributed by atoms with Gasteiger partial charge in [0, 0.05) is 11.6 Å². The number of aromatic nitrogens is 1. The number of rotatable bonds is 4. The maximum absolute atomic E-state index is 11.9. The van der Waals surface area contributed by atoms with Gasteiger partial charge in [-0.2, -0.15) is 0 Å². The van der Waals surface area contributed by atoms with Crippen molar-refractivity contribution in [2.75, 3.05) is 6.61 Å². The molecular formula is C14H12N2O4. The van der Waals surface area contributed by atoms with Gasteiger partial charge in [0.1, 0.15) is 6.20 Å². The first kappa shape index (κ1) is 13.7. The highest BCUT2D eigenvalue weighted by Gasteiger charge is 2.15. The van der Waals surface area contributed by atoms with E-state index in [0.29, 0.717) is 16.7 Å². The van der Waals surface area contributed by atoms with E-state index in [4.69, 9.17) is 4.74 Å². The highest BCUT2D eigenvalue weighted by Crippen LogP contribution is 2.24. The van der Waals surface area contributed by atoms with Gasteiger partial charge in [-0.1, -0.05) is 18.2 Å². The number of ether oxygens (including phenoxy) is 1. The van der Waals surface area contributed by atoms with Crippen molar-refractivity contribution in [2.45, 2.75) is 6.92 Å². The Kier molecular flexibility index (Phi) is 4.05. The largest absolute Gasteiger partial charge is 0.462 e. The number of benzene rings is 1. The van der Waals surface area contributed by atoms with E-state index in [2.05, 4.69) is 4.98 Å². The molecule has 2 rings (SSSR count). The quantitative estimate of drug-likeness (QED) is 0.485. The van der Waals surface area contributed by atoms with Gasteiger partial charge in [0.15, 0.2) is 0 Å². The fraction of sp³-hybridized carbons (Fsp3) is 0.143. The van der Waals surface area contributed by atoms with Crippen molar-refractivity contribution >= 4 is 11.8 Å². The van der Waals surface area contributed by atoms with Crippen LogP contribution in [0, 0.1) is 10.1 Å². The normalized spacial score (nSPS) is 10.1. The van der Waals surface area contributed by atoms with Crippen molar-refractivity contribution in [3.05, 3.63) is 58.3 Å². The molecule has 6 nitrogen and oxygen atoms in total. The molecule has 102 valence electrons. The molecule has 20 heavy (non-hydrogen) atoms. The van der Waals surface area contributed by atoms with Gasteiger partial charge in [0.2, 0.25) is 0 Å². The van der Waals surface area contributed by atoms with Crippen LogP contribution in [0.5, 0.6) is 0 Å². The molecule has 6 heteroatoms. The SMILES string of the molecule is CCOC(=O)c1ccccc1-c1ccc([N+](=O)[O-])nc1. The topological polar surface area (TPSA) is 82.3 Å². The lowest BCUT2D eigenvalue weighted by Gasteiger charge is -2.07. The second-order valence-electron chi connectivity index (χ2n) is 3.93. The van der Waals surface area contributed by atoms with Gasteiger partial charge in [-0.25, -0.2) is 4.79 Å². The van der Waals surface area contributed by atoms with Gasteiger partial charge in [-0.3, -0.25) is 0 Å². The van der Waals surface area contributed by atoms with E-state index in [1.54, 1.807) is 37.3 Å².